The second-order valence-electron chi connectivity index (χ2n) is 7.10. The second-order valence-corrected chi connectivity index (χ2v) is 7.10. The van der Waals surface area contributed by atoms with E-state index in [9.17, 15) is 9.59 Å². The number of nitrogens with one attached hydrogen (secondary N) is 1. The predicted molar refractivity (Wildman–Crippen MR) is 121 cm³/mol. The van der Waals surface area contributed by atoms with Crippen LogP contribution in [0, 0.1) is 0 Å². The van der Waals surface area contributed by atoms with Crippen molar-refractivity contribution in [2.24, 2.45) is 0 Å². The number of aromatic nitrogens is 3. The number of carbonyl (C=O) groups is 1. The maximum Gasteiger partial charge on any atom is 0.276 e. The van der Waals surface area contributed by atoms with Gasteiger partial charge in [-0.05, 0) is 61.5 Å². The SMILES string of the molecule is CCOc1ccc(C(=O)NCCn2ccn3nc(-c4ccc(OC)cc4)cc3c2=O)cc1. The van der Waals surface area contributed by atoms with E-state index in [2.05, 4.69) is 10.4 Å². The molecule has 8 nitrogen and oxygen atoms in total. The third kappa shape index (κ3) is 4.49. The molecule has 2 aromatic carbocycles. The molecule has 0 aliphatic heterocycles. The van der Waals surface area contributed by atoms with Crippen LogP contribution in [0.5, 0.6) is 11.5 Å². The summed E-state index contributed by atoms with van der Waals surface area (Å²) in [5, 5.41) is 7.33. The molecule has 1 amide bonds. The van der Waals surface area contributed by atoms with Crippen molar-refractivity contribution in [3.05, 3.63) is 82.9 Å². The fraction of sp³-hybridized carbons (Fsp3) is 0.208. The van der Waals surface area contributed by atoms with Crippen molar-refractivity contribution in [1.82, 2.24) is 19.5 Å². The second kappa shape index (κ2) is 9.38. The van der Waals surface area contributed by atoms with E-state index < -0.39 is 0 Å². The largest absolute Gasteiger partial charge is 0.497 e. The topological polar surface area (TPSA) is 86.9 Å². The van der Waals surface area contributed by atoms with E-state index in [4.69, 9.17) is 9.47 Å². The van der Waals surface area contributed by atoms with Gasteiger partial charge in [0.2, 0.25) is 0 Å². The lowest BCUT2D eigenvalue weighted by Crippen LogP contribution is -2.31. The summed E-state index contributed by atoms with van der Waals surface area (Å²) in [4.78, 5) is 25.2. The van der Waals surface area contributed by atoms with E-state index in [-0.39, 0.29) is 11.5 Å². The van der Waals surface area contributed by atoms with Gasteiger partial charge in [-0.3, -0.25) is 9.59 Å². The molecule has 0 radical (unpaired) electrons. The summed E-state index contributed by atoms with van der Waals surface area (Å²) in [6, 6.07) is 16.2. The van der Waals surface area contributed by atoms with Gasteiger partial charge in [0.05, 0.1) is 19.4 Å². The van der Waals surface area contributed by atoms with Gasteiger partial charge in [-0.2, -0.15) is 5.10 Å². The molecule has 4 rings (SSSR count). The lowest BCUT2D eigenvalue weighted by Gasteiger charge is -2.08. The number of hydrogen-bond donors (Lipinski definition) is 1. The number of carbonyl (C=O) groups excluding carboxylic acids is 1. The molecule has 0 fully saturated rings. The first-order chi connectivity index (χ1) is 15.6. The van der Waals surface area contributed by atoms with E-state index in [1.54, 1.807) is 58.9 Å². The molecule has 0 spiro atoms. The molecule has 2 aromatic heterocycles. The fourth-order valence-corrected chi connectivity index (χ4v) is 3.37. The van der Waals surface area contributed by atoms with Crippen LogP contribution in [0.1, 0.15) is 17.3 Å². The van der Waals surface area contributed by atoms with Crippen molar-refractivity contribution < 1.29 is 14.3 Å². The molecule has 0 saturated heterocycles. The van der Waals surface area contributed by atoms with Crippen LogP contribution in [0.2, 0.25) is 0 Å². The van der Waals surface area contributed by atoms with E-state index in [0.29, 0.717) is 36.5 Å². The van der Waals surface area contributed by atoms with Crippen LogP contribution in [-0.2, 0) is 6.54 Å². The molecule has 1 N–H and O–H groups in total. The number of methoxy groups -OCH3 is 1. The average Bonchev–Trinajstić information content (AvgIpc) is 3.26. The van der Waals surface area contributed by atoms with Crippen LogP contribution in [0.3, 0.4) is 0 Å². The van der Waals surface area contributed by atoms with Crippen LogP contribution < -0.4 is 20.3 Å². The van der Waals surface area contributed by atoms with Crippen molar-refractivity contribution in [2.45, 2.75) is 13.5 Å². The lowest BCUT2D eigenvalue weighted by atomic mass is 10.1. The molecular weight excluding hydrogens is 408 g/mol. The third-order valence-electron chi connectivity index (χ3n) is 5.06. The molecule has 0 aliphatic rings. The highest BCUT2D eigenvalue weighted by Crippen LogP contribution is 2.21. The van der Waals surface area contributed by atoms with Gasteiger partial charge in [0, 0.05) is 36.6 Å². The van der Waals surface area contributed by atoms with Crippen LogP contribution in [0.25, 0.3) is 16.8 Å². The van der Waals surface area contributed by atoms with Gasteiger partial charge in [-0.15, -0.1) is 0 Å². The molecule has 0 unspecified atom stereocenters. The van der Waals surface area contributed by atoms with Gasteiger partial charge in [0.15, 0.2) is 0 Å². The van der Waals surface area contributed by atoms with Crippen LogP contribution in [0.15, 0.2) is 71.8 Å². The average molecular weight is 432 g/mol. The normalized spacial score (nSPS) is 10.8. The van der Waals surface area contributed by atoms with E-state index in [1.165, 1.54) is 0 Å². The minimum Gasteiger partial charge on any atom is -0.497 e. The Labute approximate surface area is 185 Å². The molecule has 0 aliphatic carbocycles. The van der Waals surface area contributed by atoms with Crippen LogP contribution in [-0.4, -0.2) is 40.3 Å². The Hall–Kier alpha value is -4.07. The fourth-order valence-electron chi connectivity index (χ4n) is 3.37. The van der Waals surface area contributed by atoms with Crippen molar-refractivity contribution in [2.75, 3.05) is 20.3 Å². The summed E-state index contributed by atoms with van der Waals surface area (Å²) in [5.41, 5.74) is 2.43. The predicted octanol–water partition coefficient (Wildman–Crippen LogP) is 3.00. The first-order valence-corrected chi connectivity index (χ1v) is 10.3. The standard InChI is InChI=1S/C24H24N4O4/c1-3-32-20-10-6-18(7-11-20)23(29)25-12-13-27-14-15-28-22(24(27)30)16-21(26-28)17-4-8-19(31-2)9-5-17/h4-11,14-16H,3,12-13H2,1-2H3,(H,25,29). The Balaban J connectivity index is 1.43. The van der Waals surface area contributed by atoms with Gasteiger partial charge in [0.1, 0.15) is 17.0 Å². The Morgan fingerprint density at radius 2 is 1.75 bits per heavy atom. The van der Waals surface area contributed by atoms with E-state index >= 15 is 0 Å². The Kier molecular flexibility index (Phi) is 6.21. The van der Waals surface area contributed by atoms with Crippen molar-refractivity contribution in [3.8, 4) is 22.8 Å². The van der Waals surface area contributed by atoms with E-state index in [0.717, 1.165) is 17.1 Å². The molecule has 164 valence electrons. The van der Waals surface area contributed by atoms with Crippen molar-refractivity contribution in [1.29, 1.82) is 0 Å². The molecule has 4 aromatic rings. The number of hydrogen-bond acceptors (Lipinski definition) is 5. The number of benzene rings is 2. The Bertz CT molecular complexity index is 1270. The summed E-state index contributed by atoms with van der Waals surface area (Å²) in [7, 11) is 1.61. The summed E-state index contributed by atoms with van der Waals surface area (Å²) in [5.74, 6) is 1.28. The summed E-state index contributed by atoms with van der Waals surface area (Å²) in [6.07, 6.45) is 3.40. The molecular formula is C24H24N4O4. The maximum atomic E-state index is 12.9. The highest BCUT2D eigenvalue weighted by Gasteiger charge is 2.10. The minimum absolute atomic E-state index is 0.171. The third-order valence-corrected chi connectivity index (χ3v) is 5.06. The van der Waals surface area contributed by atoms with Gasteiger partial charge in [-0.25, -0.2) is 4.52 Å². The zero-order valence-electron chi connectivity index (χ0n) is 17.9. The summed E-state index contributed by atoms with van der Waals surface area (Å²) in [6.45, 7) is 3.15. The van der Waals surface area contributed by atoms with Crippen LogP contribution >= 0.6 is 0 Å². The molecule has 2 heterocycles. The van der Waals surface area contributed by atoms with Gasteiger partial charge >= 0.3 is 0 Å². The highest BCUT2D eigenvalue weighted by molar-refractivity contribution is 5.94. The summed E-state index contributed by atoms with van der Waals surface area (Å²) < 4.78 is 13.7. The molecule has 0 atom stereocenters. The zero-order chi connectivity index (χ0) is 22.5. The number of rotatable bonds is 8. The number of ether oxygens (including phenoxy) is 2. The Morgan fingerprint density at radius 1 is 1.03 bits per heavy atom. The number of nitrogens with zero attached hydrogens (tertiary/aromatic N) is 3. The van der Waals surface area contributed by atoms with Crippen molar-refractivity contribution >= 4 is 11.4 Å². The number of fused-ring (bicyclic) bond motifs is 1. The molecule has 32 heavy (non-hydrogen) atoms. The molecule has 0 bridgehead atoms. The molecule has 0 saturated carbocycles. The molecule has 8 heteroatoms. The number of amides is 1. The minimum atomic E-state index is -0.201. The zero-order valence-corrected chi connectivity index (χ0v) is 17.9. The summed E-state index contributed by atoms with van der Waals surface area (Å²) >= 11 is 0. The lowest BCUT2D eigenvalue weighted by molar-refractivity contribution is 0.0952. The first-order valence-electron chi connectivity index (χ1n) is 10.3. The monoisotopic (exact) mass is 432 g/mol. The van der Waals surface area contributed by atoms with Crippen LogP contribution in [0.4, 0.5) is 0 Å². The van der Waals surface area contributed by atoms with Gasteiger partial charge in [-0.1, -0.05) is 0 Å². The maximum absolute atomic E-state index is 12.9. The highest BCUT2D eigenvalue weighted by atomic mass is 16.5. The van der Waals surface area contributed by atoms with Crippen molar-refractivity contribution in [3.63, 3.8) is 0 Å². The Morgan fingerprint density at radius 3 is 2.44 bits per heavy atom. The van der Waals surface area contributed by atoms with Gasteiger partial charge in [0.25, 0.3) is 11.5 Å². The smallest absolute Gasteiger partial charge is 0.276 e. The first kappa shape index (κ1) is 21.2. The van der Waals surface area contributed by atoms with E-state index in [1.807, 2.05) is 31.2 Å². The quantitative estimate of drug-likeness (QED) is 0.463. The van der Waals surface area contributed by atoms with Gasteiger partial charge < -0.3 is 19.4 Å².